The molecule has 1 heterocycles. The van der Waals surface area contributed by atoms with Gasteiger partial charge in [-0.3, -0.25) is 14.5 Å². The van der Waals surface area contributed by atoms with Crippen LogP contribution in [0, 0.1) is 12.3 Å². The molecule has 4 nitrogen and oxygen atoms in total. The minimum Gasteiger partial charge on any atom is -0.329 e. The van der Waals surface area contributed by atoms with Gasteiger partial charge in [0.1, 0.15) is 0 Å². The number of rotatable bonds is 2. The van der Waals surface area contributed by atoms with Gasteiger partial charge in [-0.1, -0.05) is 18.1 Å². The molecule has 0 atom stereocenters. The maximum Gasteiger partial charge on any atom is 0.261 e. The summed E-state index contributed by atoms with van der Waals surface area (Å²) in [4.78, 5) is 26.0. The molecule has 2 N–H and O–H groups in total. The quantitative estimate of drug-likeness (QED) is 0.658. The Balaban J connectivity index is 2.37. The van der Waals surface area contributed by atoms with Crippen molar-refractivity contribution in [2.75, 3.05) is 13.1 Å². The zero-order valence-electron chi connectivity index (χ0n) is 10.7. The van der Waals surface area contributed by atoms with Crippen molar-refractivity contribution in [3.63, 3.8) is 0 Å². The molecule has 1 aliphatic heterocycles. The van der Waals surface area contributed by atoms with Crippen LogP contribution in [-0.2, 0) is 0 Å². The molecule has 2 aromatic rings. The number of carbonyl (C=O) groups is 2. The molecule has 1 aliphatic rings. The van der Waals surface area contributed by atoms with Crippen molar-refractivity contribution >= 4 is 22.6 Å². The molecular formula is C16H12N2O2. The standard InChI is InChI=1S/C16H12N2O2/c1-2-10-6-7-13-14-11(10)4-3-5-12(14)15(19)18(9-8-17)16(13)20/h1,3-7H,8-9,17H2. The Labute approximate surface area is 116 Å². The lowest BCUT2D eigenvalue weighted by Crippen LogP contribution is -2.43. The van der Waals surface area contributed by atoms with Gasteiger partial charge in [-0.15, -0.1) is 6.42 Å². The highest BCUT2D eigenvalue weighted by Crippen LogP contribution is 2.31. The summed E-state index contributed by atoms with van der Waals surface area (Å²) < 4.78 is 0. The summed E-state index contributed by atoms with van der Waals surface area (Å²) in [5.74, 6) is 1.96. The Morgan fingerprint density at radius 3 is 2.45 bits per heavy atom. The van der Waals surface area contributed by atoms with Crippen LogP contribution in [0.1, 0.15) is 26.3 Å². The third kappa shape index (κ3) is 1.54. The number of hydrogen-bond donors (Lipinski definition) is 1. The van der Waals surface area contributed by atoms with Gasteiger partial charge in [0, 0.05) is 35.2 Å². The molecule has 0 unspecified atom stereocenters. The highest BCUT2D eigenvalue weighted by Gasteiger charge is 2.32. The average Bonchev–Trinajstić information content (AvgIpc) is 2.48. The van der Waals surface area contributed by atoms with Crippen LogP contribution in [0.5, 0.6) is 0 Å². The summed E-state index contributed by atoms with van der Waals surface area (Å²) in [5.41, 5.74) is 7.16. The van der Waals surface area contributed by atoms with Gasteiger partial charge in [0.25, 0.3) is 11.8 Å². The van der Waals surface area contributed by atoms with Gasteiger partial charge >= 0.3 is 0 Å². The molecule has 0 spiro atoms. The largest absolute Gasteiger partial charge is 0.329 e. The molecule has 0 aliphatic carbocycles. The number of nitrogens with zero attached hydrogens (tertiary/aromatic N) is 1. The number of carbonyl (C=O) groups excluding carboxylic acids is 2. The summed E-state index contributed by atoms with van der Waals surface area (Å²) in [6, 6.07) is 8.73. The van der Waals surface area contributed by atoms with E-state index in [0.29, 0.717) is 22.1 Å². The van der Waals surface area contributed by atoms with Gasteiger partial charge < -0.3 is 5.73 Å². The van der Waals surface area contributed by atoms with Gasteiger partial charge in [0.15, 0.2) is 0 Å². The first-order chi connectivity index (χ1) is 9.69. The molecule has 0 radical (unpaired) electrons. The number of hydrogen-bond acceptors (Lipinski definition) is 3. The predicted octanol–water partition coefficient (Wildman–Crippen LogP) is 1.38. The molecule has 0 aromatic heterocycles. The lowest BCUT2D eigenvalue weighted by Gasteiger charge is -2.27. The lowest BCUT2D eigenvalue weighted by molar-refractivity contribution is 0.0615. The second-order valence-corrected chi connectivity index (χ2v) is 4.58. The fourth-order valence-corrected chi connectivity index (χ4v) is 2.60. The third-order valence-corrected chi connectivity index (χ3v) is 3.50. The van der Waals surface area contributed by atoms with Crippen molar-refractivity contribution in [2.45, 2.75) is 0 Å². The normalized spacial score (nSPS) is 13.7. The van der Waals surface area contributed by atoms with E-state index in [1.807, 2.05) is 6.07 Å². The number of amides is 2. The molecule has 0 bridgehead atoms. The fourth-order valence-electron chi connectivity index (χ4n) is 2.60. The second kappa shape index (κ2) is 4.48. The Kier molecular flexibility index (Phi) is 2.78. The lowest BCUT2D eigenvalue weighted by atomic mass is 9.91. The molecule has 2 aromatic carbocycles. The Hall–Kier alpha value is -2.64. The molecule has 20 heavy (non-hydrogen) atoms. The van der Waals surface area contributed by atoms with Gasteiger partial charge in [-0.05, 0) is 23.6 Å². The molecule has 0 saturated heterocycles. The third-order valence-electron chi connectivity index (χ3n) is 3.50. The molecular weight excluding hydrogens is 252 g/mol. The van der Waals surface area contributed by atoms with Crippen molar-refractivity contribution in [1.29, 1.82) is 0 Å². The van der Waals surface area contributed by atoms with Crippen molar-refractivity contribution in [1.82, 2.24) is 4.90 Å². The maximum absolute atomic E-state index is 12.4. The second-order valence-electron chi connectivity index (χ2n) is 4.58. The van der Waals surface area contributed by atoms with E-state index >= 15 is 0 Å². The van der Waals surface area contributed by atoms with Gasteiger partial charge in [0.2, 0.25) is 0 Å². The molecule has 0 fully saturated rings. The Bertz CT molecular complexity index is 765. The summed E-state index contributed by atoms with van der Waals surface area (Å²) in [5, 5.41) is 1.41. The van der Waals surface area contributed by atoms with E-state index in [1.54, 1.807) is 24.3 Å². The van der Waals surface area contributed by atoms with Crippen molar-refractivity contribution in [3.05, 3.63) is 47.0 Å². The number of imide groups is 1. The first kappa shape index (κ1) is 12.4. The van der Waals surface area contributed by atoms with Crippen LogP contribution >= 0.6 is 0 Å². The number of benzene rings is 2. The Morgan fingerprint density at radius 1 is 1.10 bits per heavy atom. The SMILES string of the molecule is C#Cc1ccc2c3c(cccc13)C(=O)N(CCN)C2=O. The van der Waals surface area contributed by atoms with E-state index in [9.17, 15) is 9.59 Å². The minimum atomic E-state index is -0.312. The molecule has 2 amide bonds. The van der Waals surface area contributed by atoms with E-state index < -0.39 is 0 Å². The minimum absolute atomic E-state index is 0.213. The Morgan fingerprint density at radius 2 is 1.80 bits per heavy atom. The van der Waals surface area contributed by atoms with Crippen LogP contribution in [0.3, 0.4) is 0 Å². The highest BCUT2D eigenvalue weighted by molar-refractivity contribution is 6.26. The van der Waals surface area contributed by atoms with Crippen LogP contribution < -0.4 is 5.73 Å². The highest BCUT2D eigenvalue weighted by atomic mass is 16.2. The first-order valence-corrected chi connectivity index (χ1v) is 6.27. The topological polar surface area (TPSA) is 63.4 Å². The zero-order chi connectivity index (χ0) is 14.3. The van der Waals surface area contributed by atoms with E-state index in [2.05, 4.69) is 5.92 Å². The van der Waals surface area contributed by atoms with E-state index in [0.717, 1.165) is 5.39 Å². The van der Waals surface area contributed by atoms with Crippen molar-refractivity contribution < 1.29 is 9.59 Å². The smallest absolute Gasteiger partial charge is 0.261 e. The summed E-state index contributed by atoms with van der Waals surface area (Å²) in [6.45, 7) is 0.454. The molecule has 98 valence electrons. The van der Waals surface area contributed by atoms with E-state index in [-0.39, 0.29) is 24.9 Å². The van der Waals surface area contributed by atoms with E-state index in [1.165, 1.54) is 4.90 Å². The van der Waals surface area contributed by atoms with Crippen LogP contribution in [0.4, 0.5) is 0 Å². The van der Waals surface area contributed by atoms with Crippen molar-refractivity contribution in [2.24, 2.45) is 5.73 Å². The monoisotopic (exact) mass is 264 g/mol. The number of terminal acetylenes is 1. The van der Waals surface area contributed by atoms with Crippen LogP contribution in [0.15, 0.2) is 30.3 Å². The zero-order valence-corrected chi connectivity index (χ0v) is 10.7. The summed E-state index contributed by atoms with van der Waals surface area (Å²) >= 11 is 0. The van der Waals surface area contributed by atoms with Gasteiger partial charge in [-0.25, -0.2) is 0 Å². The van der Waals surface area contributed by atoms with Gasteiger partial charge in [-0.2, -0.15) is 0 Å². The van der Waals surface area contributed by atoms with Crippen LogP contribution in [0.25, 0.3) is 10.8 Å². The predicted molar refractivity (Wildman–Crippen MR) is 76.3 cm³/mol. The average molecular weight is 264 g/mol. The van der Waals surface area contributed by atoms with Gasteiger partial charge in [0.05, 0.1) is 0 Å². The molecule has 0 saturated carbocycles. The summed E-state index contributed by atoms with van der Waals surface area (Å²) in [7, 11) is 0. The van der Waals surface area contributed by atoms with Crippen LogP contribution in [-0.4, -0.2) is 29.8 Å². The fraction of sp³-hybridized carbons (Fsp3) is 0.125. The van der Waals surface area contributed by atoms with Crippen molar-refractivity contribution in [3.8, 4) is 12.3 Å². The van der Waals surface area contributed by atoms with E-state index in [4.69, 9.17) is 12.2 Å². The molecule has 4 heteroatoms. The van der Waals surface area contributed by atoms with Crippen LogP contribution in [0.2, 0.25) is 0 Å². The maximum atomic E-state index is 12.4. The summed E-state index contributed by atoms with van der Waals surface area (Å²) in [6.07, 6.45) is 5.47. The number of nitrogens with two attached hydrogens (primary N) is 1. The first-order valence-electron chi connectivity index (χ1n) is 6.27. The molecule has 3 rings (SSSR count).